The van der Waals surface area contributed by atoms with Gasteiger partial charge in [0.1, 0.15) is 16.5 Å². The summed E-state index contributed by atoms with van der Waals surface area (Å²) >= 11 is 1.50. The third-order valence-corrected chi connectivity index (χ3v) is 7.15. The van der Waals surface area contributed by atoms with Crippen LogP contribution in [0.3, 0.4) is 0 Å². The molecule has 2 N–H and O–H groups in total. The standard InChI is InChI=1S/C23H27N5O3S/c1-13-6-9-24-18(12-13)26-21(30)16-7-10-28(11-8-16)19(29)5-4-17-25-22(31)20-14(2)15(3)32-23(20)27-17/h6,9,12,16H,4-5,7-8,10-11H2,1-3H3,(H,24,26,30)(H,25,27,31). The molecule has 1 aliphatic rings. The van der Waals surface area contributed by atoms with Crippen LogP contribution in [0.15, 0.2) is 23.1 Å². The number of anilines is 1. The van der Waals surface area contributed by atoms with Crippen LogP contribution >= 0.6 is 11.3 Å². The van der Waals surface area contributed by atoms with Crippen molar-refractivity contribution in [3.63, 3.8) is 0 Å². The molecular weight excluding hydrogens is 426 g/mol. The number of fused-ring (bicyclic) bond motifs is 1. The summed E-state index contributed by atoms with van der Waals surface area (Å²) in [7, 11) is 0. The molecule has 1 fully saturated rings. The Labute approximate surface area is 190 Å². The minimum atomic E-state index is -0.144. The maximum Gasteiger partial charge on any atom is 0.259 e. The van der Waals surface area contributed by atoms with Gasteiger partial charge >= 0.3 is 0 Å². The number of thiophene rings is 1. The van der Waals surface area contributed by atoms with Crippen LogP contribution in [0.5, 0.6) is 0 Å². The van der Waals surface area contributed by atoms with E-state index >= 15 is 0 Å². The van der Waals surface area contributed by atoms with Crippen LogP contribution < -0.4 is 10.9 Å². The molecule has 0 aliphatic carbocycles. The lowest BCUT2D eigenvalue weighted by Gasteiger charge is -2.31. The van der Waals surface area contributed by atoms with Crippen LogP contribution in [-0.4, -0.2) is 44.8 Å². The summed E-state index contributed by atoms with van der Waals surface area (Å²) in [6, 6.07) is 3.72. The number of pyridine rings is 1. The zero-order valence-electron chi connectivity index (χ0n) is 18.5. The first-order chi connectivity index (χ1) is 15.3. The van der Waals surface area contributed by atoms with Gasteiger partial charge in [-0.2, -0.15) is 0 Å². The Morgan fingerprint density at radius 3 is 2.72 bits per heavy atom. The van der Waals surface area contributed by atoms with Gasteiger partial charge in [-0.15, -0.1) is 11.3 Å². The summed E-state index contributed by atoms with van der Waals surface area (Å²) in [6.45, 7) is 6.95. The molecule has 1 saturated heterocycles. The van der Waals surface area contributed by atoms with E-state index in [1.54, 1.807) is 11.1 Å². The molecule has 168 valence electrons. The van der Waals surface area contributed by atoms with Crippen LogP contribution in [0.4, 0.5) is 5.82 Å². The fourth-order valence-electron chi connectivity index (χ4n) is 4.02. The number of hydrogen-bond acceptors (Lipinski definition) is 6. The SMILES string of the molecule is Cc1ccnc(NC(=O)C2CCN(C(=O)CCc3nc4sc(C)c(C)c4c(=O)[nH]3)CC2)c1. The topological polar surface area (TPSA) is 108 Å². The van der Waals surface area contributed by atoms with Gasteiger partial charge in [-0.1, -0.05) is 0 Å². The zero-order valence-corrected chi connectivity index (χ0v) is 19.3. The van der Waals surface area contributed by atoms with Crippen molar-refractivity contribution < 1.29 is 9.59 Å². The van der Waals surface area contributed by atoms with Gasteiger partial charge in [-0.25, -0.2) is 9.97 Å². The van der Waals surface area contributed by atoms with Crippen molar-refractivity contribution in [1.82, 2.24) is 19.9 Å². The van der Waals surface area contributed by atoms with Gasteiger partial charge in [0.15, 0.2) is 0 Å². The number of carbonyl (C=O) groups excluding carboxylic acids is 2. The molecule has 2 amide bonds. The number of piperidine rings is 1. The van der Waals surface area contributed by atoms with Crippen molar-refractivity contribution >= 4 is 39.2 Å². The molecule has 0 bridgehead atoms. The molecule has 0 unspecified atom stereocenters. The minimum Gasteiger partial charge on any atom is -0.343 e. The number of nitrogens with zero attached hydrogens (tertiary/aromatic N) is 3. The van der Waals surface area contributed by atoms with Crippen molar-refractivity contribution in [2.75, 3.05) is 18.4 Å². The Bertz CT molecular complexity index is 1220. The zero-order chi connectivity index (χ0) is 22.8. The summed E-state index contributed by atoms with van der Waals surface area (Å²) in [5.74, 6) is 0.935. The first-order valence-corrected chi connectivity index (χ1v) is 11.6. The van der Waals surface area contributed by atoms with Crippen LogP contribution in [0, 0.1) is 26.7 Å². The van der Waals surface area contributed by atoms with Gasteiger partial charge in [-0.3, -0.25) is 14.4 Å². The second-order valence-corrected chi connectivity index (χ2v) is 9.54. The third kappa shape index (κ3) is 4.72. The molecule has 0 aromatic carbocycles. The van der Waals surface area contributed by atoms with Crippen molar-refractivity contribution in [2.24, 2.45) is 5.92 Å². The number of amides is 2. The number of nitrogens with one attached hydrogen (secondary N) is 2. The van der Waals surface area contributed by atoms with E-state index in [1.807, 2.05) is 32.9 Å². The Kier molecular flexibility index (Phi) is 6.36. The van der Waals surface area contributed by atoms with Gasteiger partial charge in [-0.05, 0) is 56.9 Å². The average Bonchev–Trinajstić information content (AvgIpc) is 3.06. The smallest absolute Gasteiger partial charge is 0.259 e. The fraction of sp³-hybridized carbons (Fsp3) is 0.435. The summed E-state index contributed by atoms with van der Waals surface area (Å²) < 4.78 is 0. The van der Waals surface area contributed by atoms with Crippen LogP contribution in [0.2, 0.25) is 0 Å². The minimum absolute atomic E-state index is 0.0190. The van der Waals surface area contributed by atoms with E-state index in [9.17, 15) is 14.4 Å². The number of aromatic nitrogens is 3. The predicted molar refractivity (Wildman–Crippen MR) is 125 cm³/mol. The Balaban J connectivity index is 1.30. The molecule has 0 radical (unpaired) electrons. The Morgan fingerprint density at radius 2 is 2.00 bits per heavy atom. The summed E-state index contributed by atoms with van der Waals surface area (Å²) in [5, 5.41) is 3.52. The van der Waals surface area contributed by atoms with Crippen molar-refractivity contribution in [1.29, 1.82) is 0 Å². The second kappa shape index (κ2) is 9.20. The van der Waals surface area contributed by atoms with Crippen LogP contribution in [0.25, 0.3) is 10.2 Å². The Hall–Kier alpha value is -3.07. The lowest BCUT2D eigenvalue weighted by Crippen LogP contribution is -2.41. The fourth-order valence-corrected chi connectivity index (χ4v) is 5.07. The molecule has 8 nitrogen and oxygen atoms in total. The summed E-state index contributed by atoms with van der Waals surface area (Å²) in [6.07, 6.45) is 3.59. The van der Waals surface area contributed by atoms with E-state index in [2.05, 4.69) is 20.3 Å². The number of hydrogen-bond donors (Lipinski definition) is 2. The van der Waals surface area contributed by atoms with Crippen LogP contribution in [0.1, 0.15) is 41.1 Å². The maximum atomic E-state index is 12.7. The van der Waals surface area contributed by atoms with Gasteiger partial charge in [0, 0.05) is 42.9 Å². The second-order valence-electron chi connectivity index (χ2n) is 8.34. The Morgan fingerprint density at radius 1 is 1.25 bits per heavy atom. The van der Waals surface area contributed by atoms with E-state index in [4.69, 9.17) is 0 Å². The van der Waals surface area contributed by atoms with E-state index in [0.717, 1.165) is 20.8 Å². The van der Waals surface area contributed by atoms with E-state index in [1.165, 1.54) is 11.3 Å². The average molecular weight is 454 g/mol. The summed E-state index contributed by atoms with van der Waals surface area (Å²) in [5.41, 5.74) is 1.86. The van der Waals surface area contributed by atoms with Gasteiger partial charge in [0.25, 0.3) is 5.56 Å². The lowest BCUT2D eigenvalue weighted by molar-refractivity contribution is -0.134. The number of H-pyrrole nitrogens is 1. The largest absolute Gasteiger partial charge is 0.343 e. The van der Waals surface area contributed by atoms with Crippen molar-refractivity contribution in [2.45, 2.75) is 46.5 Å². The molecule has 0 spiro atoms. The molecule has 3 aromatic rings. The molecule has 0 atom stereocenters. The molecule has 3 aromatic heterocycles. The van der Waals surface area contributed by atoms with E-state index in [0.29, 0.717) is 49.4 Å². The lowest BCUT2D eigenvalue weighted by atomic mass is 9.95. The number of rotatable bonds is 5. The molecular formula is C23H27N5O3S. The first-order valence-electron chi connectivity index (χ1n) is 10.8. The molecule has 9 heteroatoms. The molecule has 32 heavy (non-hydrogen) atoms. The van der Waals surface area contributed by atoms with E-state index in [-0.39, 0.29) is 29.7 Å². The maximum absolute atomic E-state index is 12.7. The normalized spacial score (nSPS) is 14.7. The highest BCUT2D eigenvalue weighted by atomic mass is 32.1. The predicted octanol–water partition coefficient (Wildman–Crippen LogP) is 3.11. The first kappa shape index (κ1) is 22.1. The van der Waals surface area contributed by atoms with E-state index < -0.39 is 0 Å². The van der Waals surface area contributed by atoms with Crippen molar-refractivity contribution in [3.8, 4) is 0 Å². The highest BCUT2D eigenvalue weighted by Crippen LogP contribution is 2.26. The molecule has 0 saturated carbocycles. The van der Waals surface area contributed by atoms with Crippen LogP contribution in [-0.2, 0) is 16.0 Å². The highest BCUT2D eigenvalue weighted by Gasteiger charge is 2.27. The number of aromatic amines is 1. The molecule has 4 heterocycles. The monoisotopic (exact) mass is 453 g/mol. The van der Waals surface area contributed by atoms with Gasteiger partial charge in [0.05, 0.1) is 5.39 Å². The molecule has 4 rings (SSSR count). The van der Waals surface area contributed by atoms with Crippen molar-refractivity contribution in [3.05, 3.63) is 50.5 Å². The number of carbonyl (C=O) groups is 2. The quantitative estimate of drug-likeness (QED) is 0.617. The third-order valence-electron chi connectivity index (χ3n) is 6.05. The van der Waals surface area contributed by atoms with Gasteiger partial charge < -0.3 is 15.2 Å². The summed E-state index contributed by atoms with van der Waals surface area (Å²) in [4.78, 5) is 52.8. The number of likely N-dealkylation sites (tertiary alicyclic amines) is 1. The highest BCUT2D eigenvalue weighted by molar-refractivity contribution is 7.18. The number of aryl methyl sites for hydroxylation is 4. The van der Waals surface area contributed by atoms with Gasteiger partial charge in [0.2, 0.25) is 11.8 Å². The molecule has 1 aliphatic heterocycles.